The third-order valence-electron chi connectivity index (χ3n) is 5.26. The number of rotatable bonds is 3. The van der Waals surface area contributed by atoms with Gasteiger partial charge in [-0.3, -0.25) is 5.43 Å². The quantitative estimate of drug-likeness (QED) is 0.548. The molecule has 0 bridgehead atoms. The number of hydrogen-bond acceptors (Lipinski definition) is 5. The van der Waals surface area contributed by atoms with Crippen LogP contribution in [-0.2, 0) is 25.7 Å². The summed E-state index contributed by atoms with van der Waals surface area (Å²) < 4.78 is 0. The zero-order valence-corrected chi connectivity index (χ0v) is 15.0. The van der Waals surface area contributed by atoms with Crippen molar-refractivity contribution in [3.05, 3.63) is 39.8 Å². The van der Waals surface area contributed by atoms with E-state index in [0.717, 1.165) is 29.2 Å². The molecule has 2 N–H and O–H groups in total. The molecule has 128 valence electrons. The molecule has 6 heteroatoms. The topological polar surface area (TPSA) is 66.0 Å². The molecular formula is C19H21N5S. The Balaban J connectivity index is 1.42. The van der Waals surface area contributed by atoms with Crippen LogP contribution in [0.1, 0.15) is 53.1 Å². The van der Waals surface area contributed by atoms with Gasteiger partial charge in [0.25, 0.3) is 0 Å². The van der Waals surface area contributed by atoms with Gasteiger partial charge in [-0.05, 0) is 68.6 Å². The van der Waals surface area contributed by atoms with Gasteiger partial charge in [-0.25, -0.2) is 9.97 Å². The minimum atomic E-state index is 0.831. The molecule has 0 saturated carbocycles. The molecule has 0 amide bonds. The molecule has 25 heavy (non-hydrogen) atoms. The number of thiophene rings is 1. The molecule has 5 rings (SSSR count). The summed E-state index contributed by atoms with van der Waals surface area (Å²) in [6.07, 6.45) is 13.3. The summed E-state index contributed by atoms with van der Waals surface area (Å²) in [4.78, 5) is 14.9. The van der Waals surface area contributed by atoms with E-state index in [0.29, 0.717) is 0 Å². The van der Waals surface area contributed by atoms with Crippen LogP contribution in [-0.4, -0.2) is 21.2 Å². The Morgan fingerprint density at radius 1 is 1.08 bits per heavy atom. The molecule has 5 nitrogen and oxygen atoms in total. The lowest BCUT2D eigenvalue weighted by Gasteiger charge is -2.11. The van der Waals surface area contributed by atoms with E-state index in [4.69, 9.17) is 0 Å². The minimum Gasteiger partial charge on any atom is -0.357 e. The first-order valence-electron chi connectivity index (χ1n) is 9.13. The van der Waals surface area contributed by atoms with Crippen molar-refractivity contribution in [2.24, 2.45) is 5.10 Å². The van der Waals surface area contributed by atoms with Crippen LogP contribution >= 0.6 is 11.3 Å². The number of nitrogens with zero attached hydrogens (tertiary/aromatic N) is 3. The monoisotopic (exact) mass is 351 g/mol. The van der Waals surface area contributed by atoms with Crippen LogP contribution in [0.4, 0.5) is 5.82 Å². The van der Waals surface area contributed by atoms with Gasteiger partial charge in [0.15, 0.2) is 5.82 Å². The van der Waals surface area contributed by atoms with Crippen LogP contribution in [0.3, 0.4) is 0 Å². The van der Waals surface area contributed by atoms with Gasteiger partial charge in [-0.1, -0.05) is 0 Å². The molecule has 2 aliphatic carbocycles. The van der Waals surface area contributed by atoms with E-state index < -0.39 is 0 Å². The van der Waals surface area contributed by atoms with Gasteiger partial charge in [0.05, 0.1) is 17.3 Å². The maximum absolute atomic E-state index is 4.47. The molecule has 0 radical (unpaired) electrons. The summed E-state index contributed by atoms with van der Waals surface area (Å²) in [5.74, 6) is 0.831. The van der Waals surface area contributed by atoms with Gasteiger partial charge >= 0.3 is 0 Å². The van der Waals surface area contributed by atoms with Gasteiger partial charge in [-0.2, -0.15) is 5.10 Å². The third kappa shape index (κ3) is 2.74. The first-order valence-corrected chi connectivity index (χ1v) is 9.95. The second-order valence-electron chi connectivity index (χ2n) is 6.92. The van der Waals surface area contributed by atoms with Crippen molar-refractivity contribution in [3.8, 4) is 0 Å². The smallest absolute Gasteiger partial charge is 0.158 e. The van der Waals surface area contributed by atoms with Crippen molar-refractivity contribution in [2.75, 3.05) is 5.43 Å². The van der Waals surface area contributed by atoms with Gasteiger partial charge in [0, 0.05) is 10.6 Å². The maximum atomic E-state index is 4.47. The molecule has 0 atom stereocenters. The highest BCUT2D eigenvalue weighted by atomic mass is 32.1. The van der Waals surface area contributed by atoms with Crippen LogP contribution in [0.25, 0.3) is 10.2 Å². The van der Waals surface area contributed by atoms with E-state index in [1.165, 1.54) is 65.6 Å². The molecule has 0 spiro atoms. The molecule has 0 fully saturated rings. The number of anilines is 1. The lowest BCUT2D eigenvalue weighted by molar-refractivity contribution is 0.677. The largest absolute Gasteiger partial charge is 0.357 e. The van der Waals surface area contributed by atoms with Crippen molar-refractivity contribution < 1.29 is 0 Å². The Bertz CT molecular complexity index is 929. The Morgan fingerprint density at radius 2 is 1.96 bits per heavy atom. The Hall–Kier alpha value is -2.21. The molecule has 0 aliphatic heterocycles. The number of nitrogens with one attached hydrogen (secondary N) is 2. The molecule has 0 unspecified atom stereocenters. The SMILES string of the molecule is C(=N\Nc1ncnc2sc3c(c12)CCCC3)/c1cc2c([nH]1)CCCC2. The lowest BCUT2D eigenvalue weighted by Crippen LogP contribution is -2.01. The highest BCUT2D eigenvalue weighted by Gasteiger charge is 2.19. The van der Waals surface area contributed by atoms with E-state index in [1.54, 1.807) is 6.33 Å². The second kappa shape index (κ2) is 6.26. The van der Waals surface area contributed by atoms with E-state index in [2.05, 4.69) is 31.5 Å². The fourth-order valence-electron chi connectivity index (χ4n) is 4.04. The highest BCUT2D eigenvalue weighted by Crippen LogP contribution is 2.38. The van der Waals surface area contributed by atoms with Crippen LogP contribution in [0.2, 0.25) is 0 Å². The van der Waals surface area contributed by atoms with Gasteiger partial charge in [0.1, 0.15) is 11.2 Å². The molecule has 0 saturated heterocycles. The van der Waals surface area contributed by atoms with E-state index in [-0.39, 0.29) is 0 Å². The second-order valence-corrected chi connectivity index (χ2v) is 8.00. The van der Waals surface area contributed by atoms with Crippen molar-refractivity contribution in [3.63, 3.8) is 0 Å². The normalized spacial score (nSPS) is 17.0. The number of aromatic nitrogens is 3. The molecular weight excluding hydrogens is 330 g/mol. The van der Waals surface area contributed by atoms with Crippen LogP contribution in [0.15, 0.2) is 17.5 Å². The van der Waals surface area contributed by atoms with Crippen LogP contribution in [0, 0.1) is 0 Å². The molecule has 3 aromatic heterocycles. The standard InChI is InChI=1S/C19H21N5S/c1-3-7-15-12(5-1)9-13(23-15)10-22-24-18-17-14-6-2-4-8-16(14)25-19(17)21-11-20-18/h9-11,23H,1-8H2,(H,20,21,24)/b22-10+. The Morgan fingerprint density at radius 3 is 2.92 bits per heavy atom. The predicted octanol–water partition coefficient (Wildman–Crippen LogP) is 4.22. The molecule has 3 heterocycles. The van der Waals surface area contributed by atoms with E-state index >= 15 is 0 Å². The van der Waals surface area contributed by atoms with Gasteiger partial charge in [-0.15, -0.1) is 11.3 Å². The van der Waals surface area contributed by atoms with Crippen molar-refractivity contribution in [1.82, 2.24) is 15.0 Å². The van der Waals surface area contributed by atoms with Crippen LogP contribution < -0.4 is 5.43 Å². The summed E-state index contributed by atoms with van der Waals surface area (Å²) in [6, 6.07) is 2.22. The summed E-state index contributed by atoms with van der Waals surface area (Å²) in [5, 5.41) is 5.61. The van der Waals surface area contributed by atoms with Gasteiger partial charge in [0.2, 0.25) is 0 Å². The number of hydrazone groups is 1. The summed E-state index contributed by atoms with van der Waals surface area (Å²) in [7, 11) is 0. The number of H-pyrrole nitrogens is 1. The zero-order valence-electron chi connectivity index (χ0n) is 14.1. The van der Waals surface area contributed by atoms with E-state index in [1.807, 2.05) is 17.6 Å². The summed E-state index contributed by atoms with van der Waals surface area (Å²) >= 11 is 1.81. The zero-order chi connectivity index (χ0) is 16.6. The first-order chi connectivity index (χ1) is 12.4. The average Bonchev–Trinajstić information content (AvgIpc) is 3.22. The predicted molar refractivity (Wildman–Crippen MR) is 103 cm³/mol. The fraction of sp³-hybridized carbons (Fsp3) is 0.421. The van der Waals surface area contributed by atoms with Crippen LogP contribution in [0.5, 0.6) is 0 Å². The number of hydrogen-bond donors (Lipinski definition) is 2. The van der Waals surface area contributed by atoms with Crippen molar-refractivity contribution >= 4 is 33.6 Å². The van der Waals surface area contributed by atoms with E-state index in [9.17, 15) is 0 Å². The van der Waals surface area contributed by atoms with Crippen molar-refractivity contribution in [2.45, 2.75) is 51.4 Å². The lowest BCUT2D eigenvalue weighted by atomic mass is 9.97. The van der Waals surface area contributed by atoms with Crippen molar-refractivity contribution in [1.29, 1.82) is 0 Å². The molecule has 2 aliphatic rings. The minimum absolute atomic E-state index is 0.831. The fourth-order valence-corrected chi connectivity index (χ4v) is 5.27. The Labute approximate surface area is 150 Å². The number of aryl methyl sites for hydroxylation is 4. The molecule has 3 aromatic rings. The maximum Gasteiger partial charge on any atom is 0.158 e. The molecule has 0 aromatic carbocycles. The first kappa shape index (κ1) is 15.1. The summed E-state index contributed by atoms with van der Waals surface area (Å²) in [5.41, 5.74) is 8.48. The average molecular weight is 351 g/mol. The summed E-state index contributed by atoms with van der Waals surface area (Å²) in [6.45, 7) is 0. The third-order valence-corrected chi connectivity index (χ3v) is 6.46. The number of fused-ring (bicyclic) bond motifs is 4. The Kier molecular flexibility index (Phi) is 3.77. The van der Waals surface area contributed by atoms with Gasteiger partial charge < -0.3 is 4.98 Å². The highest BCUT2D eigenvalue weighted by molar-refractivity contribution is 7.19. The number of aromatic amines is 1.